The standard InChI is InChI=1S/C11H14N4O2/c1-9-2-4-10(5-3-9)17-8-11(16)13-6-7-14-15-12/h2-5H,6-8H2,1H3,(H,13,16). The van der Waals surface area contributed by atoms with E-state index in [2.05, 4.69) is 15.3 Å². The second kappa shape index (κ2) is 7.14. The van der Waals surface area contributed by atoms with Crippen LogP contribution in [0.1, 0.15) is 5.56 Å². The fourth-order valence-corrected chi connectivity index (χ4v) is 1.12. The Balaban J connectivity index is 2.23. The maximum absolute atomic E-state index is 11.3. The van der Waals surface area contributed by atoms with Gasteiger partial charge >= 0.3 is 0 Å². The van der Waals surface area contributed by atoms with Crippen molar-refractivity contribution in [3.63, 3.8) is 0 Å². The molecule has 17 heavy (non-hydrogen) atoms. The molecule has 0 heterocycles. The zero-order chi connectivity index (χ0) is 12.5. The van der Waals surface area contributed by atoms with E-state index in [9.17, 15) is 4.79 Å². The maximum Gasteiger partial charge on any atom is 0.257 e. The molecule has 1 N–H and O–H groups in total. The molecule has 0 aromatic heterocycles. The van der Waals surface area contributed by atoms with E-state index in [4.69, 9.17) is 10.3 Å². The van der Waals surface area contributed by atoms with Crippen molar-refractivity contribution in [3.05, 3.63) is 40.3 Å². The van der Waals surface area contributed by atoms with Gasteiger partial charge in [-0.1, -0.05) is 22.8 Å². The van der Waals surface area contributed by atoms with Crippen molar-refractivity contribution in [3.8, 4) is 5.75 Å². The number of amides is 1. The minimum atomic E-state index is -0.237. The molecule has 6 nitrogen and oxygen atoms in total. The van der Waals surface area contributed by atoms with E-state index in [1.807, 2.05) is 31.2 Å². The van der Waals surface area contributed by atoms with Crippen LogP contribution >= 0.6 is 0 Å². The molecule has 0 fully saturated rings. The SMILES string of the molecule is Cc1ccc(OCC(=O)NCCN=[N+]=[N-])cc1. The number of nitrogens with zero attached hydrogens (tertiary/aromatic N) is 3. The molecule has 0 unspecified atom stereocenters. The molecule has 0 spiro atoms. The number of nitrogens with one attached hydrogen (secondary N) is 1. The lowest BCUT2D eigenvalue weighted by atomic mass is 10.2. The highest BCUT2D eigenvalue weighted by Gasteiger charge is 2.01. The second-order valence-electron chi connectivity index (χ2n) is 3.41. The average Bonchev–Trinajstić information content (AvgIpc) is 2.34. The van der Waals surface area contributed by atoms with Crippen molar-refractivity contribution < 1.29 is 9.53 Å². The number of aryl methyl sites for hydroxylation is 1. The molecule has 1 rings (SSSR count). The Morgan fingerprint density at radius 3 is 2.82 bits per heavy atom. The number of carbonyl (C=O) groups excluding carboxylic acids is 1. The highest BCUT2D eigenvalue weighted by Crippen LogP contribution is 2.10. The van der Waals surface area contributed by atoms with Crippen LogP contribution in [0.15, 0.2) is 29.4 Å². The third-order valence-electron chi connectivity index (χ3n) is 1.99. The van der Waals surface area contributed by atoms with Gasteiger partial charge in [-0.25, -0.2) is 0 Å². The lowest BCUT2D eigenvalue weighted by molar-refractivity contribution is -0.123. The smallest absolute Gasteiger partial charge is 0.257 e. The molecule has 1 aromatic carbocycles. The molecule has 0 bridgehead atoms. The topological polar surface area (TPSA) is 87.1 Å². The number of hydrogen-bond donors (Lipinski definition) is 1. The minimum Gasteiger partial charge on any atom is -0.484 e. The molecule has 6 heteroatoms. The van der Waals surface area contributed by atoms with Gasteiger partial charge in [0.2, 0.25) is 0 Å². The Morgan fingerprint density at radius 2 is 2.18 bits per heavy atom. The number of rotatable bonds is 6. The number of azide groups is 1. The summed E-state index contributed by atoms with van der Waals surface area (Å²) in [6.45, 7) is 2.50. The van der Waals surface area contributed by atoms with Gasteiger partial charge in [0.25, 0.3) is 5.91 Å². The summed E-state index contributed by atoms with van der Waals surface area (Å²) in [6, 6.07) is 7.44. The van der Waals surface area contributed by atoms with Crippen LogP contribution in [-0.4, -0.2) is 25.6 Å². The monoisotopic (exact) mass is 234 g/mol. The first kappa shape index (κ1) is 12.9. The molecule has 0 saturated carbocycles. The normalized spacial score (nSPS) is 9.24. The predicted molar refractivity (Wildman–Crippen MR) is 63.7 cm³/mol. The van der Waals surface area contributed by atoms with Gasteiger partial charge in [-0.15, -0.1) is 0 Å². The summed E-state index contributed by atoms with van der Waals surface area (Å²) >= 11 is 0. The molecule has 90 valence electrons. The molecule has 1 aromatic rings. The molecular weight excluding hydrogens is 220 g/mol. The molecular formula is C11H14N4O2. The Bertz CT molecular complexity index is 410. The van der Waals surface area contributed by atoms with Crippen LogP contribution in [-0.2, 0) is 4.79 Å². The van der Waals surface area contributed by atoms with Crippen LogP contribution in [0.3, 0.4) is 0 Å². The molecule has 0 aliphatic carbocycles. The van der Waals surface area contributed by atoms with Crippen molar-refractivity contribution in [1.29, 1.82) is 0 Å². The van der Waals surface area contributed by atoms with Gasteiger partial charge in [-0.2, -0.15) is 0 Å². The fourth-order valence-electron chi connectivity index (χ4n) is 1.12. The van der Waals surface area contributed by atoms with E-state index < -0.39 is 0 Å². The van der Waals surface area contributed by atoms with E-state index in [1.54, 1.807) is 0 Å². The van der Waals surface area contributed by atoms with Gasteiger partial charge in [0.1, 0.15) is 5.75 Å². The maximum atomic E-state index is 11.3. The Hall–Kier alpha value is -2.20. The number of carbonyl (C=O) groups is 1. The van der Waals surface area contributed by atoms with Gasteiger partial charge in [0.05, 0.1) is 0 Å². The van der Waals surface area contributed by atoms with Gasteiger partial charge in [0.15, 0.2) is 6.61 Å². The second-order valence-corrected chi connectivity index (χ2v) is 3.41. The van der Waals surface area contributed by atoms with Crippen LogP contribution in [0.2, 0.25) is 0 Å². The zero-order valence-corrected chi connectivity index (χ0v) is 9.59. The summed E-state index contributed by atoms with van der Waals surface area (Å²) in [6.07, 6.45) is 0. The van der Waals surface area contributed by atoms with Crippen LogP contribution in [0.5, 0.6) is 5.75 Å². The molecule has 0 atom stereocenters. The van der Waals surface area contributed by atoms with Crippen molar-refractivity contribution in [2.45, 2.75) is 6.92 Å². The molecule has 1 amide bonds. The summed E-state index contributed by atoms with van der Waals surface area (Å²) < 4.78 is 5.26. The summed E-state index contributed by atoms with van der Waals surface area (Å²) in [4.78, 5) is 13.9. The first-order chi connectivity index (χ1) is 8.22. The van der Waals surface area contributed by atoms with Crippen molar-refractivity contribution in [1.82, 2.24) is 5.32 Å². The van der Waals surface area contributed by atoms with Crippen molar-refractivity contribution in [2.24, 2.45) is 5.11 Å². The Kier molecular flexibility index (Phi) is 5.40. The Morgan fingerprint density at radius 1 is 1.47 bits per heavy atom. The number of ether oxygens (including phenoxy) is 1. The quantitative estimate of drug-likeness (QED) is 0.352. The van der Waals surface area contributed by atoms with Gasteiger partial charge in [0, 0.05) is 18.0 Å². The van der Waals surface area contributed by atoms with E-state index in [-0.39, 0.29) is 19.1 Å². The molecule has 0 aliphatic heterocycles. The largest absolute Gasteiger partial charge is 0.484 e. The lowest BCUT2D eigenvalue weighted by Crippen LogP contribution is -2.30. The van der Waals surface area contributed by atoms with E-state index in [0.717, 1.165) is 5.56 Å². The minimum absolute atomic E-state index is 0.0423. The number of hydrogen-bond acceptors (Lipinski definition) is 3. The Labute approximate surface area is 99.2 Å². The van der Waals surface area contributed by atoms with Crippen LogP contribution < -0.4 is 10.1 Å². The zero-order valence-electron chi connectivity index (χ0n) is 9.59. The highest BCUT2D eigenvalue weighted by molar-refractivity contribution is 5.77. The fraction of sp³-hybridized carbons (Fsp3) is 0.364. The van der Waals surface area contributed by atoms with Crippen molar-refractivity contribution >= 4 is 5.91 Å². The van der Waals surface area contributed by atoms with Crippen molar-refractivity contribution in [2.75, 3.05) is 19.7 Å². The first-order valence-electron chi connectivity index (χ1n) is 5.19. The number of benzene rings is 1. The molecule has 0 aliphatic rings. The summed E-state index contributed by atoms with van der Waals surface area (Å²) in [5.74, 6) is 0.416. The third-order valence-corrected chi connectivity index (χ3v) is 1.99. The molecule has 0 radical (unpaired) electrons. The third kappa shape index (κ3) is 5.44. The van der Waals surface area contributed by atoms with Crippen LogP contribution in [0, 0.1) is 6.92 Å². The van der Waals surface area contributed by atoms with Crippen LogP contribution in [0.25, 0.3) is 10.4 Å². The molecule has 0 saturated heterocycles. The van der Waals surface area contributed by atoms with Crippen LogP contribution in [0.4, 0.5) is 0 Å². The van der Waals surface area contributed by atoms with E-state index >= 15 is 0 Å². The predicted octanol–water partition coefficient (Wildman–Crippen LogP) is 1.80. The average molecular weight is 234 g/mol. The van der Waals surface area contributed by atoms with E-state index in [0.29, 0.717) is 12.3 Å². The van der Waals surface area contributed by atoms with E-state index in [1.165, 1.54) is 0 Å². The highest BCUT2D eigenvalue weighted by atomic mass is 16.5. The first-order valence-corrected chi connectivity index (χ1v) is 5.19. The summed E-state index contributed by atoms with van der Waals surface area (Å²) in [7, 11) is 0. The summed E-state index contributed by atoms with van der Waals surface area (Å²) in [5, 5.41) is 5.87. The van der Waals surface area contributed by atoms with Gasteiger partial charge in [-0.05, 0) is 24.6 Å². The summed E-state index contributed by atoms with van der Waals surface area (Å²) in [5.41, 5.74) is 9.16. The lowest BCUT2D eigenvalue weighted by Gasteiger charge is -2.06. The van der Waals surface area contributed by atoms with Gasteiger partial charge in [-0.3, -0.25) is 4.79 Å². The van der Waals surface area contributed by atoms with Gasteiger partial charge < -0.3 is 10.1 Å².